The topological polar surface area (TPSA) is 71.2 Å². The Hall–Kier alpha value is -1.30. The Morgan fingerprint density at radius 3 is 2.58 bits per heavy atom. The molecule has 0 saturated heterocycles. The summed E-state index contributed by atoms with van der Waals surface area (Å²) in [6.45, 7) is 7.13. The summed E-state index contributed by atoms with van der Waals surface area (Å²) in [5.41, 5.74) is 5.85. The number of anilines is 2. The molecule has 0 aliphatic rings. The molecule has 0 aliphatic heterocycles. The number of carbonyl (C=O) groups excluding carboxylic acids is 1. The third kappa shape index (κ3) is 4.09. The molecule has 0 spiro atoms. The average Bonchev–Trinajstić information content (AvgIpc) is 2.78. The first-order chi connectivity index (χ1) is 9.03. The summed E-state index contributed by atoms with van der Waals surface area (Å²) in [7, 11) is 1.96. The first-order valence-electron chi connectivity index (χ1n) is 6.81. The molecule has 0 fully saturated rings. The van der Waals surface area contributed by atoms with Crippen molar-refractivity contribution in [3.63, 3.8) is 0 Å². The van der Waals surface area contributed by atoms with E-state index in [4.69, 9.17) is 5.73 Å². The molecule has 0 bridgehead atoms. The number of nitrogens with two attached hydrogens (primary N) is 1. The van der Waals surface area contributed by atoms with Crippen molar-refractivity contribution in [1.29, 1.82) is 0 Å². The van der Waals surface area contributed by atoms with Gasteiger partial charge < -0.3 is 16.0 Å². The zero-order chi connectivity index (χ0) is 14.4. The van der Waals surface area contributed by atoms with Crippen LogP contribution in [0.3, 0.4) is 0 Å². The van der Waals surface area contributed by atoms with Gasteiger partial charge in [-0.25, -0.2) is 4.98 Å². The highest BCUT2D eigenvalue weighted by Crippen LogP contribution is 2.27. The van der Waals surface area contributed by atoms with Crippen LogP contribution in [-0.4, -0.2) is 30.5 Å². The van der Waals surface area contributed by atoms with Gasteiger partial charge in [0.25, 0.3) is 5.91 Å². The predicted molar refractivity (Wildman–Crippen MR) is 81.9 cm³/mol. The molecule has 0 aliphatic carbocycles. The minimum atomic E-state index is -0.111. The van der Waals surface area contributed by atoms with Crippen molar-refractivity contribution < 1.29 is 4.79 Å². The Labute approximate surface area is 119 Å². The highest BCUT2D eigenvalue weighted by Gasteiger charge is 2.19. The summed E-state index contributed by atoms with van der Waals surface area (Å²) in [6.07, 6.45) is 2.87. The monoisotopic (exact) mass is 284 g/mol. The quantitative estimate of drug-likeness (QED) is 0.807. The van der Waals surface area contributed by atoms with Gasteiger partial charge in [-0.3, -0.25) is 4.79 Å². The van der Waals surface area contributed by atoms with Crippen LogP contribution in [0.1, 0.15) is 49.7 Å². The van der Waals surface area contributed by atoms with Crippen molar-refractivity contribution in [1.82, 2.24) is 10.3 Å². The van der Waals surface area contributed by atoms with Gasteiger partial charge in [-0.2, -0.15) is 0 Å². The number of hydrogen-bond donors (Lipinski definition) is 2. The van der Waals surface area contributed by atoms with E-state index in [-0.39, 0.29) is 11.9 Å². The minimum Gasteiger partial charge on any atom is -0.382 e. The smallest absolute Gasteiger partial charge is 0.265 e. The van der Waals surface area contributed by atoms with Crippen molar-refractivity contribution in [3.05, 3.63) is 4.88 Å². The van der Waals surface area contributed by atoms with Gasteiger partial charge >= 0.3 is 0 Å². The van der Waals surface area contributed by atoms with Gasteiger partial charge in [-0.15, -0.1) is 0 Å². The third-order valence-corrected chi connectivity index (χ3v) is 4.24. The molecule has 3 N–H and O–H groups in total. The van der Waals surface area contributed by atoms with Gasteiger partial charge in [-0.1, -0.05) is 32.1 Å². The Balaban J connectivity index is 2.80. The molecule has 108 valence electrons. The summed E-state index contributed by atoms with van der Waals surface area (Å²) in [5, 5.41) is 3.79. The molecule has 0 radical (unpaired) electrons. The number of aromatic nitrogens is 1. The maximum Gasteiger partial charge on any atom is 0.265 e. The van der Waals surface area contributed by atoms with E-state index in [1.54, 1.807) is 0 Å². The summed E-state index contributed by atoms with van der Waals surface area (Å²) >= 11 is 1.36. The number of rotatable bonds is 7. The number of nitrogens with zero attached hydrogens (tertiary/aromatic N) is 2. The lowest BCUT2D eigenvalue weighted by atomic mass is 10.2. The second-order valence-electron chi connectivity index (χ2n) is 4.62. The van der Waals surface area contributed by atoms with E-state index in [1.165, 1.54) is 11.3 Å². The highest BCUT2D eigenvalue weighted by molar-refractivity contribution is 7.18. The van der Waals surface area contributed by atoms with Crippen molar-refractivity contribution in [3.8, 4) is 0 Å². The SMILES string of the molecule is CCCN(C)c1nc(N)c(C(=O)NC(CC)CC)s1. The average molecular weight is 284 g/mol. The van der Waals surface area contributed by atoms with Gasteiger partial charge in [0.05, 0.1) is 0 Å². The van der Waals surface area contributed by atoms with E-state index in [0.717, 1.165) is 30.9 Å². The van der Waals surface area contributed by atoms with Crippen LogP contribution in [0.15, 0.2) is 0 Å². The fourth-order valence-electron chi connectivity index (χ4n) is 1.82. The fourth-order valence-corrected chi connectivity index (χ4v) is 2.70. The lowest BCUT2D eigenvalue weighted by molar-refractivity contribution is 0.0939. The molecule has 0 unspecified atom stereocenters. The zero-order valence-electron chi connectivity index (χ0n) is 12.2. The molecule has 19 heavy (non-hydrogen) atoms. The largest absolute Gasteiger partial charge is 0.382 e. The van der Waals surface area contributed by atoms with Gasteiger partial charge in [0.15, 0.2) is 5.13 Å². The van der Waals surface area contributed by atoms with E-state index >= 15 is 0 Å². The maximum absolute atomic E-state index is 12.1. The second-order valence-corrected chi connectivity index (χ2v) is 5.60. The minimum absolute atomic E-state index is 0.111. The van der Waals surface area contributed by atoms with Crippen LogP contribution >= 0.6 is 11.3 Å². The number of amides is 1. The van der Waals surface area contributed by atoms with Gasteiger partial charge in [-0.05, 0) is 19.3 Å². The van der Waals surface area contributed by atoms with Gasteiger partial charge in [0, 0.05) is 19.6 Å². The second kappa shape index (κ2) is 7.33. The summed E-state index contributed by atoms with van der Waals surface area (Å²) in [4.78, 5) is 19.0. The third-order valence-electron chi connectivity index (χ3n) is 3.05. The fraction of sp³-hybridized carbons (Fsp3) is 0.692. The summed E-state index contributed by atoms with van der Waals surface area (Å²) in [6, 6.07) is 0.200. The first kappa shape index (κ1) is 15.8. The van der Waals surface area contributed by atoms with Crippen molar-refractivity contribution in [2.24, 2.45) is 0 Å². The molecule has 0 aromatic carbocycles. The van der Waals surface area contributed by atoms with Crippen molar-refractivity contribution >= 4 is 28.2 Å². The van der Waals surface area contributed by atoms with E-state index in [1.807, 2.05) is 11.9 Å². The highest BCUT2D eigenvalue weighted by atomic mass is 32.1. The van der Waals surface area contributed by atoms with Crippen LogP contribution < -0.4 is 16.0 Å². The standard InChI is InChI=1S/C13H24N4OS/c1-5-8-17(4)13-16-11(14)10(19-13)12(18)15-9(6-2)7-3/h9H,5-8,14H2,1-4H3,(H,15,18). The normalized spacial score (nSPS) is 10.8. The Bertz CT molecular complexity index is 415. The lowest BCUT2D eigenvalue weighted by Gasteiger charge is -2.14. The van der Waals surface area contributed by atoms with Crippen molar-refractivity contribution in [2.45, 2.75) is 46.1 Å². The predicted octanol–water partition coefficient (Wildman–Crippen LogP) is 2.49. The first-order valence-corrected chi connectivity index (χ1v) is 7.63. The number of carbonyl (C=O) groups is 1. The van der Waals surface area contributed by atoms with E-state index in [9.17, 15) is 4.79 Å². The molecule has 1 rings (SSSR count). The molecular formula is C13H24N4OS. The molecule has 1 heterocycles. The maximum atomic E-state index is 12.1. The lowest BCUT2D eigenvalue weighted by Crippen LogP contribution is -2.33. The summed E-state index contributed by atoms with van der Waals surface area (Å²) in [5.74, 6) is 0.214. The van der Waals surface area contributed by atoms with Crippen LogP contribution in [0.2, 0.25) is 0 Å². The van der Waals surface area contributed by atoms with Gasteiger partial charge in [0.2, 0.25) is 0 Å². The number of hydrogen-bond acceptors (Lipinski definition) is 5. The van der Waals surface area contributed by atoms with Crippen LogP contribution in [0.4, 0.5) is 10.9 Å². The molecule has 0 saturated carbocycles. The van der Waals surface area contributed by atoms with E-state index in [2.05, 4.69) is 31.1 Å². The number of thiazole rings is 1. The number of nitrogens with one attached hydrogen (secondary N) is 1. The summed E-state index contributed by atoms with van der Waals surface area (Å²) < 4.78 is 0. The molecule has 6 heteroatoms. The van der Waals surface area contributed by atoms with Crippen LogP contribution in [-0.2, 0) is 0 Å². The molecule has 1 amide bonds. The molecular weight excluding hydrogens is 260 g/mol. The Morgan fingerprint density at radius 2 is 2.05 bits per heavy atom. The molecule has 5 nitrogen and oxygen atoms in total. The van der Waals surface area contributed by atoms with Crippen LogP contribution in [0.25, 0.3) is 0 Å². The molecule has 1 aromatic heterocycles. The van der Waals surface area contributed by atoms with E-state index in [0.29, 0.717) is 10.7 Å². The van der Waals surface area contributed by atoms with E-state index < -0.39 is 0 Å². The van der Waals surface area contributed by atoms with Crippen molar-refractivity contribution in [2.75, 3.05) is 24.2 Å². The van der Waals surface area contributed by atoms with Crippen LogP contribution in [0.5, 0.6) is 0 Å². The molecule has 0 atom stereocenters. The Kier molecular flexibility index (Phi) is 6.08. The Morgan fingerprint density at radius 1 is 1.42 bits per heavy atom. The van der Waals surface area contributed by atoms with Gasteiger partial charge in [0.1, 0.15) is 10.7 Å². The number of nitrogen functional groups attached to an aromatic ring is 1. The van der Waals surface area contributed by atoms with Crippen LogP contribution in [0, 0.1) is 0 Å². The molecule has 1 aromatic rings. The zero-order valence-corrected chi connectivity index (χ0v) is 13.0.